The van der Waals surface area contributed by atoms with Gasteiger partial charge in [-0.05, 0) is 49.6 Å². The number of anilines is 1. The first kappa shape index (κ1) is 17.5. The summed E-state index contributed by atoms with van der Waals surface area (Å²) >= 11 is 5.84. The monoisotopic (exact) mass is 356 g/mol. The highest BCUT2D eigenvalue weighted by Crippen LogP contribution is 2.39. The molecule has 0 aromatic heterocycles. The van der Waals surface area contributed by atoms with Gasteiger partial charge in [-0.25, -0.2) is 0 Å². The second kappa shape index (κ2) is 7.28. The number of rotatable bonds is 5. The van der Waals surface area contributed by atoms with Crippen molar-refractivity contribution < 1.29 is 9.59 Å². The zero-order chi connectivity index (χ0) is 18.0. The Morgan fingerprint density at radius 2 is 1.72 bits per heavy atom. The largest absolute Gasteiger partial charge is 0.352 e. The Bertz CT molecular complexity index is 802. The minimum Gasteiger partial charge on any atom is -0.352 e. The van der Waals surface area contributed by atoms with Gasteiger partial charge in [-0.2, -0.15) is 0 Å². The molecule has 2 aromatic rings. The molecule has 5 heteroatoms. The van der Waals surface area contributed by atoms with Crippen LogP contribution in [0.1, 0.15) is 23.1 Å². The van der Waals surface area contributed by atoms with Crippen LogP contribution >= 0.6 is 11.6 Å². The van der Waals surface area contributed by atoms with E-state index in [1.165, 1.54) is 0 Å². The fourth-order valence-electron chi connectivity index (χ4n) is 2.88. The normalized spacial score (nSPS) is 18.5. The van der Waals surface area contributed by atoms with Crippen molar-refractivity contribution in [3.63, 3.8) is 0 Å². The highest BCUT2D eigenvalue weighted by atomic mass is 35.5. The smallest absolute Gasteiger partial charge is 0.228 e. The van der Waals surface area contributed by atoms with Crippen molar-refractivity contribution >= 4 is 29.1 Å². The van der Waals surface area contributed by atoms with Gasteiger partial charge in [0.25, 0.3) is 0 Å². The second-order valence-corrected chi connectivity index (χ2v) is 7.04. The van der Waals surface area contributed by atoms with Crippen LogP contribution in [0.4, 0.5) is 5.69 Å². The van der Waals surface area contributed by atoms with Crippen molar-refractivity contribution in [3.05, 3.63) is 64.2 Å². The molecule has 1 saturated carbocycles. The van der Waals surface area contributed by atoms with Gasteiger partial charge in [-0.3, -0.25) is 9.59 Å². The summed E-state index contributed by atoms with van der Waals surface area (Å²) in [6.07, 6.45) is 0.600. The molecule has 2 amide bonds. The van der Waals surface area contributed by atoms with E-state index in [4.69, 9.17) is 11.6 Å². The molecular weight excluding hydrogens is 336 g/mol. The maximum Gasteiger partial charge on any atom is 0.228 e. The molecule has 0 aliphatic heterocycles. The predicted octanol–water partition coefficient (Wildman–Crippen LogP) is 3.85. The Morgan fingerprint density at radius 1 is 1.04 bits per heavy atom. The van der Waals surface area contributed by atoms with Crippen LogP contribution in [-0.4, -0.2) is 11.8 Å². The van der Waals surface area contributed by atoms with Crippen LogP contribution in [-0.2, 0) is 16.1 Å². The molecule has 0 radical (unpaired) electrons. The number of hydrogen-bond acceptors (Lipinski definition) is 2. The number of hydrogen-bond donors (Lipinski definition) is 2. The third-order valence-corrected chi connectivity index (χ3v) is 4.74. The summed E-state index contributed by atoms with van der Waals surface area (Å²) in [7, 11) is 0. The van der Waals surface area contributed by atoms with E-state index in [-0.39, 0.29) is 23.7 Å². The number of carbonyl (C=O) groups is 2. The van der Waals surface area contributed by atoms with Crippen LogP contribution in [0.2, 0.25) is 5.02 Å². The summed E-state index contributed by atoms with van der Waals surface area (Å²) in [6.45, 7) is 4.42. The molecule has 25 heavy (non-hydrogen) atoms. The van der Waals surface area contributed by atoms with E-state index < -0.39 is 0 Å². The van der Waals surface area contributed by atoms with Crippen molar-refractivity contribution in [2.75, 3.05) is 5.32 Å². The number of aryl methyl sites for hydroxylation is 2. The van der Waals surface area contributed by atoms with Gasteiger partial charge < -0.3 is 10.6 Å². The van der Waals surface area contributed by atoms with Crippen molar-refractivity contribution in [2.45, 2.75) is 26.8 Å². The Labute approximate surface area is 152 Å². The minimum absolute atomic E-state index is 0.0734. The third-order valence-electron chi connectivity index (χ3n) is 4.48. The first-order valence-corrected chi connectivity index (χ1v) is 8.72. The quantitative estimate of drug-likeness (QED) is 0.854. The highest BCUT2D eigenvalue weighted by molar-refractivity contribution is 6.30. The van der Waals surface area contributed by atoms with Crippen LogP contribution in [0.5, 0.6) is 0 Å². The summed E-state index contributed by atoms with van der Waals surface area (Å²) in [5.74, 6) is -0.640. The lowest BCUT2D eigenvalue weighted by Crippen LogP contribution is -2.27. The van der Waals surface area contributed by atoms with Crippen molar-refractivity contribution in [1.29, 1.82) is 0 Å². The van der Waals surface area contributed by atoms with Crippen LogP contribution in [0.3, 0.4) is 0 Å². The van der Waals surface area contributed by atoms with E-state index in [0.29, 0.717) is 18.0 Å². The summed E-state index contributed by atoms with van der Waals surface area (Å²) in [5.41, 5.74) is 3.97. The Hall–Kier alpha value is -2.33. The van der Waals surface area contributed by atoms with Crippen LogP contribution in [0.25, 0.3) is 0 Å². The lowest BCUT2D eigenvalue weighted by Gasteiger charge is -2.09. The molecule has 0 saturated heterocycles. The summed E-state index contributed by atoms with van der Waals surface area (Å²) < 4.78 is 0. The van der Waals surface area contributed by atoms with E-state index in [1.807, 2.05) is 44.2 Å². The Morgan fingerprint density at radius 3 is 2.40 bits per heavy atom. The third kappa shape index (κ3) is 4.40. The number of amides is 2. The standard InChI is InChI=1S/C20H21ClN2O2/c1-12-3-8-18(13(2)9-12)23-20(25)17-10-16(17)19(24)22-11-14-4-6-15(21)7-5-14/h3-9,16-17H,10-11H2,1-2H3,(H,22,24)(H,23,25). The van der Waals surface area contributed by atoms with Crippen LogP contribution in [0, 0.1) is 25.7 Å². The van der Waals surface area contributed by atoms with Gasteiger partial charge in [0.2, 0.25) is 11.8 Å². The van der Waals surface area contributed by atoms with E-state index in [9.17, 15) is 9.59 Å². The molecule has 3 rings (SSSR count). The maximum absolute atomic E-state index is 12.3. The molecule has 0 spiro atoms. The molecule has 2 atom stereocenters. The van der Waals surface area contributed by atoms with E-state index in [1.54, 1.807) is 12.1 Å². The molecular formula is C20H21ClN2O2. The lowest BCUT2D eigenvalue weighted by atomic mass is 10.1. The number of nitrogens with one attached hydrogen (secondary N) is 2. The Balaban J connectivity index is 1.50. The zero-order valence-electron chi connectivity index (χ0n) is 14.3. The van der Waals surface area contributed by atoms with Crippen LogP contribution in [0.15, 0.2) is 42.5 Å². The molecule has 2 N–H and O–H groups in total. The molecule has 2 aromatic carbocycles. The summed E-state index contributed by atoms with van der Waals surface area (Å²) in [5, 5.41) is 6.48. The Kier molecular flexibility index (Phi) is 5.09. The lowest BCUT2D eigenvalue weighted by molar-refractivity contribution is -0.125. The average Bonchev–Trinajstić information content (AvgIpc) is 3.37. The van der Waals surface area contributed by atoms with Crippen LogP contribution < -0.4 is 10.6 Å². The number of carbonyl (C=O) groups excluding carboxylic acids is 2. The molecule has 4 nitrogen and oxygen atoms in total. The van der Waals surface area contributed by atoms with E-state index in [2.05, 4.69) is 10.6 Å². The van der Waals surface area contributed by atoms with Gasteiger partial charge in [0.15, 0.2) is 0 Å². The second-order valence-electron chi connectivity index (χ2n) is 6.60. The predicted molar refractivity (Wildman–Crippen MR) is 99.4 cm³/mol. The van der Waals surface area contributed by atoms with Gasteiger partial charge in [0, 0.05) is 17.3 Å². The van der Waals surface area contributed by atoms with Crippen molar-refractivity contribution in [3.8, 4) is 0 Å². The average molecular weight is 357 g/mol. The van der Waals surface area contributed by atoms with Gasteiger partial charge in [-0.1, -0.05) is 41.4 Å². The van der Waals surface area contributed by atoms with Gasteiger partial charge in [-0.15, -0.1) is 0 Å². The first-order chi connectivity index (χ1) is 11.9. The van der Waals surface area contributed by atoms with E-state index >= 15 is 0 Å². The number of halogens is 1. The molecule has 1 aliphatic carbocycles. The van der Waals surface area contributed by atoms with Crippen molar-refractivity contribution in [1.82, 2.24) is 5.32 Å². The first-order valence-electron chi connectivity index (χ1n) is 8.34. The zero-order valence-corrected chi connectivity index (χ0v) is 15.1. The van der Waals surface area contributed by atoms with Gasteiger partial charge in [0.05, 0.1) is 11.8 Å². The summed E-state index contributed by atoms with van der Waals surface area (Å²) in [6, 6.07) is 13.2. The highest BCUT2D eigenvalue weighted by Gasteiger charge is 2.47. The molecule has 0 heterocycles. The SMILES string of the molecule is Cc1ccc(NC(=O)C2CC2C(=O)NCc2ccc(Cl)cc2)c(C)c1. The molecule has 0 bridgehead atoms. The van der Waals surface area contributed by atoms with Crippen molar-refractivity contribution in [2.24, 2.45) is 11.8 Å². The molecule has 1 fully saturated rings. The van der Waals surface area contributed by atoms with Gasteiger partial charge in [0.1, 0.15) is 0 Å². The minimum atomic E-state index is -0.245. The summed E-state index contributed by atoms with van der Waals surface area (Å²) in [4.78, 5) is 24.5. The molecule has 1 aliphatic rings. The fourth-order valence-corrected chi connectivity index (χ4v) is 3.00. The molecule has 2 unspecified atom stereocenters. The maximum atomic E-state index is 12.3. The molecule has 130 valence electrons. The van der Waals surface area contributed by atoms with Gasteiger partial charge >= 0.3 is 0 Å². The number of benzene rings is 2. The topological polar surface area (TPSA) is 58.2 Å². The van der Waals surface area contributed by atoms with E-state index in [0.717, 1.165) is 22.4 Å². The fraction of sp³-hybridized carbons (Fsp3) is 0.300.